The summed E-state index contributed by atoms with van der Waals surface area (Å²) in [5, 5.41) is 20.4. The fourth-order valence-corrected chi connectivity index (χ4v) is 7.14. The van der Waals surface area contributed by atoms with Crippen LogP contribution in [0.1, 0.15) is 24.7 Å². The largest absolute Gasteiger partial charge is 0.387 e. The lowest BCUT2D eigenvalue weighted by molar-refractivity contribution is 0.0398. The lowest BCUT2D eigenvalue weighted by Crippen LogP contribution is -2.41. The fourth-order valence-electron chi connectivity index (χ4n) is 3.29. The zero-order chi connectivity index (χ0) is 17.5. The number of nitrogens with one attached hydrogen (secondary N) is 1. The summed E-state index contributed by atoms with van der Waals surface area (Å²) >= 11 is 0. The van der Waals surface area contributed by atoms with E-state index in [1.807, 2.05) is 0 Å². The predicted octanol–water partition coefficient (Wildman–Crippen LogP) is 0.750. The van der Waals surface area contributed by atoms with Gasteiger partial charge in [0, 0.05) is 17.7 Å². The number of hydrogen-bond donors (Lipinski definition) is 2. The first-order chi connectivity index (χ1) is 11.3. The van der Waals surface area contributed by atoms with Gasteiger partial charge >= 0.3 is 5.69 Å². The number of benzene rings is 1. The molecule has 0 bridgehead atoms. The van der Waals surface area contributed by atoms with Crippen molar-refractivity contribution in [3.05, 3.63) is 62.9 Å². The molecule has 0 aliphatic carbocycles. The Morgan fingerprint density at radius 2 is 2.04 bits per heavy atom. The maximum absolute atomic E-state index is 13.7. The standard InChI is InChI=1S/C16H16N3O4P/c1-16(22)7-8-24(23,12-5-3-2-4-6-12)14(16)19-10-11(9-17)13(20)18-15(19)21/h2-6,10,14,22H,7-8H2,1H3,(H,18,20,21). The third-order valence-corrected chi connectivity index (χ3v) is 8.10. The van der Waals surface area contributed by atoms with E-state index in [0.717, 1.165) is 10.8 Å². The molecule has 2 heterocycles. The molecule has 3 unspecified atom stereocenters. The van der Waals surface area contributed by atoms with E-state index in [0.29, 0.717) is 5.30 Å². The van der Waals surface area contributed by atoms with Gasteiger partial charge in [-0.05, 0) is 13.3 Å². The molecule has 2 aromatic rings. The minimum atomic E-state index is -3.17. The Morgan fingerprint density at radius 3 is 2.67 bits per heavy atom. The first kappa shape index (κ1) is 16.4. The van der Waals surface area contributed by atoms with Gasteiger partial charge in [0.25, 0.3) is 5.56 Å². The van der Waals surface area contributed by atoms with Crippen molar-refractivity contribution >= 4 is 12.4 Å². The predicted molar refractivity (Wildman–Crippen MR) is 88.9 cm³/mol. The minimum Gasteiger partial charge on any atom is -0.387 e. The Bertz CT molecular complexity index is 985. The van der Waals surface area contributed by atoms with Gasteiger partial charge in [0.1, 0.15) is 24.6 Å². The van der Waals surface area contributed by atoms with Crippen LogP contribution in [0.5, 0.6) is 0 Å². The molecular formula is C16H16N3O4P. The average molecular weight is 345 g/mol. The van der Waals surface area contributed by atoms with Crippen LogP contribution >= 0.6 is 7.14 Å². The molecule has 1 saturated heterocycles. The van der Waals surface area contributed by atoms with Crippen LogP contribution in [-0.2, 0) is 4.57 Å². The summed E-state index contributed by atoms with van der Waals surface area (Å²) in [4.78, 5) is 25.9. The second-order valence-corrected chi connectivity index (χ2v) is 9.20. The van der Waals surface area contributed by atoms with Crippen molar-refractivity contribution < 1.29 is 9.67 Å². The molecule has 0 amide bonds. The SMILES string of the molecule is CC1(O)CCP(=O)(c2ccccc2)C1n1cc(C#N)c(=O)[nH]c1=O. The van der Waals surface area contributed by atoms with Crippen LogP contribution < -0.4 is 16.6 Å². The first-order valence-corrected chi connectivity index (χ1v) is 9.38. The number of aromatic amines is 1. The fraction of sp³-hybridized carbons (Fsp3) is 0.312. The van der Waals surface area contributed by atoms with Gasteiger partial charge in [-0.3, -0.25) is 14.3 Å². The van der Waals surface area contributed by atoms with Crippen molar-refractivity contribution in [2.45, 2.75) is 24.7 Å². The van der Waals surface area contributed by atoms with Gasteiger partial charge < -0.3 is 9.67 Å². The van der Waals surface area contributed by atoms with Gasteiger partial charge in [-0.2, -0.15) is 5.26 Å². The summed E-state index contributed by atoms with van der Waals surface area (Å²) in [6.45, 7) is 1.52. The Balaban J connectivity index is 2.28. The Hall–Kier alpha value is -2.42. The summed E-state index contributed by atoms with van der Waals surface area (Å²) in [5.74, 6) is -1.04. The van der Waals surface area contributed by atoms with Crippen LogP contribution in [0.15, 0.2) is 46.1 Å². The van der Waals surface area contributed by atoms with E-state index in [1.165, 1.54) is 6.92 Å². The minimum absolute atomic E-state index is 0.238. The monoisotopic (exact) mass is 345 g/mol. The van der Waals surface area contributed by atoms with Crippen LogP contribution in [0.2, 0.25) is 0 Å². The number of H-pyrrole nitrogens is 1. The molecule has 8 heteroatoms. The van der Waals surface area contributed by atoms with Gasteiger partial charge in [-0.15, -0.1) is 0 Å². The number of aliphatic hydroxyl groups is 1. The summed E-state index contributed by atoms with van der Waals surface area (Å²) in [6.07, 6.45) is 1.57. The summed E-state index contributed by atoms with van der Waals surface area (Å²) in [6, 6.07) is 10.4. The van der Waals surface area contributed by atoms with Crippen LogP contribution in [-0.4, -0.2) is 26.4 Å². The third kappa shape index (κ3) is 2.44. The summed E-state index contributed by atoms with van der Waals surface area (Å²) < 4.78 is 14.7. The average Bonchev–Trinajstić information content (AvgIpc) is 2.80. The summed E-state index contributed by atoms with van der Waals surface area (Å²) in [5.41, 5.74) is -3.26. The van der Waals surface area contributed by atoms with E-state index >= 15 is 0 Å². The molecule has 24 heavy (non-hydrogen) atoms. The molecule has 0 saturated carbocycles. The number of rotatable bonds is 2. The molecule has 1 aromatic carbocycles. The van der Waals surface area contributed by atoms with Crippen molar-refractivity contribution in [1.29, 1.82) is 5.26 Å². The number of nitriles is 1. The third-order valence-electron chi connectivity index (χ3n) is 4.45. The highest BCUT2D eigenvalue weighted by Crippen LogP contribution is 2.66. The summed E-state index contributed by atoms with van der Waals surface area (Å²) in [7, 11) is -3.17. The molecule has 1 aliphatic rings. The zero-order valence-electron chi connectivity index (χ0n) is 13.0. The van der Waals surface area contributed by atoms with E-state index in [9.17, 15) is 19.3 Å². The molecule has 1 aromatic heterocycles. The topological polar surface area (TPSA) is 116 Å². The smallest absolute Gasteiger partial charge is 0.329 e. The van der Waals surface area contributed by atoms with Crippen LogP contribution in [0.25, 0.3) is 0 Å². The van der Waals surface area contributed by atoms with Crippen molar-refractivity contribution in [3.63, 3.8) is 0 Å². The van der Waals surface area contributed by atoms with Gasteiger partial charge in [0.05, 0.1) is 5.60 Å². The van der Waals surface area contributed by atoms with Gasteiger partial charge in [0.2, 0.25) is 0 Å². The van der Waals surface area contributed by atoms with E-state index in [-0.39, 0.29) is 18.1 Å². The van der Waals surface area contributed by atoms with Crippen LogP contribution in [0.4, 0.5) is 0 Å². The van der Waals surface area contributed by atoms with E-state index in [4.69, 9.17) is 5.26 Å². The van der Waals surface area contributed by atoms with E-state index in [1.54, 1.807) is 36.4 Å². The van der Waals surface area contributed by atoms with Gasteiger partial charge in [-0.1, -0.05) is 30.3 Å². The number of hydrogen-bond acceptors (Lipinski definition) is 5. The number of aromatic nitrogens is 2. The highest BCUT2D eigenvalue weighted by atomic mass is 31.2. The van der Waals surface area contributed by atoms with Crippen LogP contribution in [0.3, 0.4) is 0 Å². The molecule has 2 N–H and O–H groups in total. The second kappa shape index (κ2) is 5.59. The normalized spacial score (nSPS) is 29.3. The van der Waals surface area contributed by atoms with E-state index in [2.05, 4.69) is 4.98 Å². The van der Waals surface area contributed by atoms with Crippen LogP contribution in [0, 0.1) is 11.3 Å². The first-order valence-electron chi connectivity index (χ1n) is 7.42. The lowest BCUT2D eigenvalue weighted by Gasteiger charge is -2.31. The molecule has 1 aliphatic heterocycles. The molecule has 7 nitrogen and oxygen atoms in total. The zero-order valence-corrected chi connectivity index (χ0v) is 13.9. The van der Waals surface area contributed by atoms with Crippen molar-refractivity contribution in [1.82, 2.24) is 9.55 Å². The second-order valence-electron chi connectivity index (χ2n) is 6.16. The Morgan fingerprint density at radius 1 is 1.38 bits per heavy atom. The molecule has 3 rings (SSSR count). The number of nitrogens with zero attached hydrogens (tertiary/aromatic N) is 2. The maximum atomic E-state index is 13.7. The Labute approximate surface area is 137 Å². The molecule has 124 valence electrons. The molecule has 0 spiro atoms. The molecular weight excluding hydrogens is 329 g/mol. The van der Waals surface area contributed by atoms with Gasteiger partial charge in [-0.25, -0.2) is 4.79 Å². The highest BCUT2D eigenvalue weighted by Gasteiger charge is 2.53. The maximum Gasteiger partial charge on any atom is 0.329 e. The molecule has 0 radical (unpaired) electrons. The van der Waals surface area contributed by atoms with Crippen molar-refractivity contribution in [2.24, 2.45) is 0 Å². The highest BCUT2D eigenvalue weighted by molar-refractivity contribution is 7.72. The van der Waals surface area contributed by atoms with E-state index < -0.39 is 29.8 Å². The van der Waals surface area contributed by atoms with Gasteiger partial charge in [0.15, 0.2) is 0 Å². The Kier molecular flexibility index (Phi) is 3.83. The quantitative estimate of drug-likeness (QED) is 0.779. The molecule has 1 fully saturated rings. The van der Waals surface area contributed by atoms with Crippen molar-refractivity contribution in [3.8, 4) is 6.07 Å². The lowest BCUT2D eigenvalue weighted by atomic mass is 10.0. The molecule has 3 atom stereocenters. The van der Waals surface area contributed by atoms with Crippen molar-refractivity contribution in [2.75, 3.05) is 6.16 Å².